The van der Waals surface area contributed by atoms with E-state index in [0.29, 0.717) is 26.4 Å². The molecule has 7 nitrogen and oxygen atoms in total. The summed E-state index contributed by atoms with van der Waals surface area (Å²) in [4.78, 5) is 28.3. The molecular formula is C31H24ClN3O4S2. The van der Waals surface area contributed by atoms with Gasteiger partial charge >= 0.3 is 0 Å². The number of ketones is 1. The number of hydrogen-bond donors (Lipinski definition) is 1. The second kappa shape index (κ2) is 13.0. The van der Waals surface area contributed by atoms with E-state index in [4.69, 9.17) is 16.3 Å². The van der Waals surface area contributed by atoms with Crippen molar-refractivity contribution in [2.75, 3.05) is 11.5 Å². The Morgan fingerprint density at radius 2 is 1.88 bits per heavy atom. The van der Waals surface area contributed by atoms with Gasteiger partial charge in [-0.15, -0.1) is 10.2 Å². The van der Waals surface area contributed by atoms with Crippen LogP contribution in [0, 0.1) is 0 Å². The molecule has 10 heteroatoms. The van der Waals surface area contributed by atoms with Gasteiger partial charge in [0, 0.05) is 10.8 Å². The van der Waals surface area contributed by atoms with E-state index < -0.39 is 23.5 Å². The number of amides is 1. The van der Waals surface area contributed by atoms with Crippen LogP contribution in [0.3, 0.4) is 0 Å². The molecule has 0 bridgehead atoms. The smallest absolute Gasteiger partial charge is 0.296 e. The number of benzene rings is 3. The summed E-state index contributed by atoms with van der Waals surface area (Å²) in [7, 11) is 0. The predicted molar refractivity (Wildman–Crippen MR) is 163 cm³/mol. The number of aliphatic hydroxyl groups is 1. The highest BCUT2D eigenvalue weighted by Crippen LogP contribution is 2.44. The largest absolute Gasteiger partial charge is 0.503 e. The molecule has 0 saturated carbocycles. The molecule has 0 saturated heterocycles. The topological polar surface area (TPSA) is 92.6 Å². The molecule has 1 unspecified atom stereocenters. The predicted octanol–water partition coefficient (Wildman–Crippen LogP) is 7.23. The van der Waals surface area contributed by atoms with Gasteiger partial charge in [-0.05, 0) is 47.0 Å². The number of aliphatic hydroxyl groups excluding tert-OH is 1. The van der Waals surface area contributed by atoms with E-state index in [2.05, 4.69) is 16.8 Å². The Morgan fingerprint density at radius 1 is 1.10 bits per heavy atom. The minimum Gasteiger partial charge on any atom is -0.503 e. The third-order valence-corrected chi connectivity index (χ3v) is 8.50. The summed E-state index contributed by atoms with van der Waals surface area (Å²) < 4.78 is 6.33. The average Bonchev–Trinajstić information content (AvgIpc) is 3.57. The van der Waals surface area contributed by atoms with Crippen LogP contribution in [0.1, 0.15) is 22.7 Å². The van der Waals surface area contributed by atoms with Gasteiger partial charge in [0.25, 0.3) is 5.91 Å². The Labute approximate surface area is 250 Å². The molecule has 4 aromatic rings. The Balaban J connectivity index is 1.47. The van der Waals surface area contributed by atoms with Gasteiger partial charge in [-0.25, -0.2) is 0 Å². The van der Waals surface area contributed by atoms with Crippen molar-refractivity contribution in [2.24, 2.45) is 0 Å². The fourth-order valence-electron chi connectivity index (χ4n) is 4.21. The van der Waals surface area contributed by atoms with Crippen LogP contribution in [0.25, 0.3) is 6.08 Å². The molecule has 0 radical (unpaired) electrons. The molecule has 0 fully saturated rings. The summed E-state index contributed by atoms with van der Waals surface area (Å²) >= 11 is 8.65. The van der Waals surface area contributed by atoms with E-state index >= 15 is 0 Å². The van der Waals surface area contributed by atoms with Crippen molar-refractivity contribution >= 4 is 57.6 Å². The third-order valence-electron chi connectivity index (χ3n) is 6.12. The van der Waals surface area contributed by atoms with Crippen molar-refractivity contribution in [2.45, 2.75) is 16.1 Å². The molecular weight excluding hydrogens is 578 g/mol. The number of rotatable bonds is 11. The molecule has 41 heavy (non-hydrogen) atoms. The fourth-order valence-corrected chi connectivity index (χ4v) is 6.16. The second-order valence-corrected chi connectivity index (χ2v) is 11.5. The number of carbonyl (C=O) groups excluding carboxylic acids is 2. The fraction of sp³-hybridized carbons (Fsp3) is 0.0968. The Morgan fingerprint density at radius 3 is 2.63 bits per heavy atom. The Bertz CT molecular complexity index is 1630. The number of thioether (sulfide) groups is 1. The van der Waals surface area contributed by atoms with Gasteiger partial charge in [0.05, 0.1) is 11.6 Å². The van der Waals surface area contributed by atoms with Gasteiger partial charge in [0.2, 0.25) is 5.13 Å². The van der Waals surface area contributed by atoms with Crippen LogP contribution < -0.4 is 9.64 Å². The lowest BCUT2D eigenvalue weighted by atomic mass is 9.95. The maximum absolute atomic E-state index is 13.5. The summed E-state index contributed by atoms with van der Waals surface area (Å²) in [5, 5.41) is 20.5. The van der Waals surface area contributed by atoms with Crippen molar-refractivity contribution in [1.82, 2.24) is 10.2 Å². The molecule has 0 aliphatic carbocycles. The first-order valence-corrected chi connectivity index (χ1v) is 14.7. The summed E-state index contributed by atoms with van der Waals surface area (Å²) in [5.74, 6) is -0.686. The summed E-state index contributed by atoms with van der Waals surface area (Å²) in [6, 6.07) is 22.9. The maximum atomic E-state index is 13.5. The quantitative estimate of drug-likeness (QED) is 0.0839. The van der Waals surface area contributed by atoms with E-state index in [1.165, 1.54) is 34.1 Å². The first-order valence-electron chi connectivity index (χ1n) is 12.5. The van der Waals surface area contributed by atoms with Gasteiger partial charge in [-0.1, -0.05) is 108 Å². The van der Waals surface area contributed by atoms with Crippen LogP contribution in [-0.4, -0.2) is 33.6 Å². The number of hydrogen-bond acceptors (Lipinski definition) is 8. The van der Waals surface area contributed by atoms with Crippen molar-refractivity contribution in [3.63, 3.8) is 0 Å². The standard InChI is InChI=1S/C31H24ClN3O4S2/c1-2-17-39-24-10-6-9-22(18-24)27-26(25(36)16-13-20-7-4-3-5-8-20)28(37)29(38)35(27)30-33-34-31(41-30)40-19-21-11-14-23(32)15-12-21/h2-16,18,27,37H,1,17,19H2. The zero-order valence-electron chi connectivity index (χ0n) is 21.6. The van der Waals surface area contributed by atoms with Crippen LogP contribution in [0.5, 0.6) is 5.75 Å². The minimum absolute atomic E-state index is 0.0476. The van der Waals surface area contributed by atoms with Gasteiger partial charge in [-0.2, -0.15) is 0 Å². The molecule has 1 aromatic heterocycles. The molecule has 2 heterocycles. The third kappa shape index (κ3) is 6.59. The lowest BCUT2D eigenvalue weighted by Crippen LogP contribution is -2.30. The monoisotopic (exact) mass is 601 g/mol. The molecule has 3 aromatic carbocycles. The van der Waals surface area contributed by atoms with Gasteiger partial charge < -0.3 is 9.84 Å². The van der Waals surface area contributed by atoms with E-state index in [-0.39, 0.29) is 17.3 Å². The van der Waals surface area contributed by atoms with E-state index in [9.17, 15) is 14.7 Å². The highest BCUT2D eigenvalue weighted by molar-refractivity contribution is 8.00. The molecule has 1 aliphatic heterocycles. The Hall–Kier alpha value is -4.18. The van der Waals surface area contributed by atoms with Crippen molar-refractivity contribution in [3.8, 4) is 5.75 Å². The van der Waals surface area contributed by atoms with Crippen LogP contribution in [0.15, 0.2) is 113 Å². The lowest BCUT2D eigenvalue weighted by Gasteiger charge is -2.24. The minimum atomic E-state index is -0.940. The molecule has 206 valence electrons. The molecule has 1 atom stereocenters. The molecule has 0 spiro atoms. The second-order valence-electron chi connectivity index (χ2n) is 8.89. The molecule has 1 amide bonds. The van der Waals surface area contributed by atoms with Gasteiger partial charge in [0.15, 0.2) is 15.9 Å². The molecule has 1 N–H and O–H groups in total. The van der Waals surface area contributed by atoms with Crippen LogP contribution in [0.2, 0.25) is 5.02 Å². The normalized spacial score (nSPS) is 15.1. The number of allylic oxidation sites excluding steroid dienone is 1. The first kappa shape index (κ1) is 28.4. The summed E-state index contributed by atoms with van der Waals surface area (Å²) in [6.07, 6.45) is 4.63. The van der Waals surface area contributed by atoms with Crippen molar-refractivity contribution < 1.29 is 19.4 Å². The van der Waals surface area contributed by atoms with Crippen LogP contribution >= 0.6 is 34.7 Å². The zero-order valence-corrected chi connectivity index (χ0v) is 24.0. The van der Waals surface area contributed by atoms with Crippen LogP contribution in [0.4, 0.5) is 5.13 Å². The lowest BCUT2D eigenvalue weighted by molar-refractivity contribution is -0.117. The Kier molecular flexibility index (Phi) is 8.98. The number of ether oxygens (including phenoxy) is 1. The van der Waals surface area contributed by atoms with Gasteiger partial charge in [0.1, 0.15) is 12.4 Å². The number of nitrogens with zero attached hydrogens (tertiary/aromatic N) is 3. The summed E-state index contributed by atoms with van der Waals surface area (Å²) in [5.41, 5.74) is 2.39. The first-order chi connectivity index (χ1) is 19.9. The summed E-state index contributed by atoms with van der Waals surface area (Å²) in [6.45, 7) is 3.96. The van der Waals surface area contributed by atoms with E-state index in [1.807, 2.05) is 54.6 Å². The van der Waals surface area contributed by atoms with Crippen LogP contribution in [-0.2, 0) is 15.3 Å². The maximum Gasteiger partial charge on any atom is 0.296 e. The molecule has 5 rings (SSSR count). The molecule has 1 aliphatic rings. The number of halogens is 1. The van der Waals surface area contributed by atoms with E-state index in [1.54, 1.807) is 36.4 Å². The number of carbonyl (C=O) groups is 2. The zero-order chi connectivity index (χ0) is 28.8. The highest BCUT2D eigenvalue weighted by Gasteiger charge is 2.45. The highest BCUT2D eigenvalue weighted by atomic mass is 35.5. The van der Waals surface area contributed by atoms with E-state index in [0.717, 1.165) is 11.1 Å². The number of anilines is 1. The van der Waals surface area contributed by atoms with Crippen molar-refractivity contribution in [3.05, 3.63) is 131 Å². The number of aromatic nitrogens is 2. The van der Waals surface area contributed by atoms with Crippen molar-refractivity contribution in [1.29, 1.82) is 0 Å². The average molecular weight is 602 g/mol. The van der Waals surface area contributed by atoms with Gasteiger partial charge in [-0.3, -0.25) is 14.5 Å². The SMILES string of the molecule is C=CCOc1cccc(C2C(C(=O)C=Cc3ccccc3)=C(O)C(=O)N2c2nnc(SCc3ccc(Cl)cc3)s2)c1.